The largest absolute Gasteiger partial charge is 0.473 e. The Balaban J connectivity index is 0.000000454. The van der Waals surface area contributed by atoms with Crippen LogP contribution in [-0.4, -0.2) is 109 Å². The van der Waals surface area contributed by atoms with Crippen LogP contribution in [0.2, 0.25) is 0 Å². The molecule has 35 heavy (non-hydrogen) atoms. The minimum atomic E-state index is -3.14. The van der Waals surface area contributed by atoms with E-state index in [0.717, 1.165) is 37.8 Å². The third-order valence-electron chi connectivity index (χ3n) is 5.03. The van der Waals surface area contributed by atoms with Crippen molar-refractivity contribution in [3.63, 3.8) is 0 Å². The lowest BCUT2D eigenvalue weighted by Crippen LogP contribution is -2.37. The molecule has 0 amide bonds. The van der Waals surface area contributed by atoms with E-state index in [9.17, 15) is 4.21 Å². The highest BCUT2D eigenvalue weighted by Crippen LogP contribution is 2.41. The number of carbonyl (C=O) groups is 2. The molecule has 17 heteroatoms. The molecule has 9 nitrogen and oxygen atoms in total. The van der Waals surface area contributed by atoms with E-state index in [1.54, 1.807) is 7.05 Å². The predicted molar refractivity (Wildman–Crippen MR) is 163 cm³/mol. The van der Waals surface area contributed by atoms with E-state index in [4.69, 9.17) is 24.4 Å². The lowest BCUT2D eigenvalue weighted by Gasteiger charge is -2.29. The molecule has 208 valence electrons. The van der Waals surface area contributed by atoms with Gasteiger partial charge in [-0.25, -0.2) is 18.1 Å². The van der Waals surface area contributed by atoms with E-state index in [1.807, 2.05) is 69.9 Å². The molecule has 2 aliphatic heterocycles. The highest BCUT2D eigenvalue weighted by Gasteiger charge is 2.23. The second-order valence-corrected chi connectivity index (χ2v) is 19.2. The van der Waals surface area contributed by atoms with Crippen molar-refractivity contribution in [3.05, 3.63) is 0 Å². The zero-order valence-corrected chi connectivity index (χ0v) is 26.9. The number of rotatable bonds is 4. The van der Waals surface area contributed by atoms with Crippen molar-refractivity contribution in [2.45, 2.75) is 50.2 Å². The topological polar surface area (TPSA) is 130 Å². The molecule has 3 rings (SSSR count). The second-order valence-electron chi connectivity index (χ2n) is 7.77. The average Bonchev–Trinajstić information content (AvgIpc) is 2.85. The maximum absolute atomic E-state index is 11.1. The summed E-state index contributed by atoms with van der Waals surface area (Å²) in [7, 11) is 16.5. The number of nitrogens with one attached hydrogen (secondary N) is 1. The highest BCUT2D eigenvalue weighted by molar-refractivity contribution is 9.10. The standard InChI is InChI=1S/C7H15NO2S2.C5H11NS3.C4H9NS3.C2H2O4/c1-8(12(9,10)11)7-5-3-2-4-6-7;1-6(2)5-3-7-9-8-4-5;1-5-4-2-6-8-7-3-4;3-1(4)2(5)6/h7H,2-6H2,1H3,(H,9,10,11);5H,3-4H2,1-2H3;4-5H,2-3H2,1H3;(H,3,4)(H,5,6). The summed E-state index contributed by atoms with van der Waals surface area (Å²) in [5, 5.41) is 18.0. The number of carboxylic acids is 2. The van der Waals surface area contributed by atoms with Crippen LogP contribution in [0.5, 0.6) is 0 Å². The molecule has 0 aromatic rings. The van der Waals surface area contributed by atoms with Gasteiger partial charge in [0.2, 0.25) is 8.96 Å². The second kappa shape index (κ2) is 21.1. The summed E-state index contributed by atoms with van der Waals surface area (Å²) in [5.74, 6) is 1.43. The molecule has 3 fully saturated rings. The van der Waals surface area contributed by atoms with E-state index in [-0.39, 0.29) is 6.04 Å². The summed E-state index contributed by atoms with van der Waals surface area (Å²) in [6, 6.07) is 1.75. The number of nitrogens with zero attached hydrogens (tertiary/aromatic N) is 2. The predicted octanol–water partition coefficient (Wildman–Crippen LogP) is 4.12. The first-order chi connectivity index (χ1) is 16.4. The van der Waals surface area contributed by atoms with E-state index < -0.39 is 20.9 Å². The lowest BCUT2D eigenvalue weighted by molar-refractivity contribution is -0.159. The number of carboxylic acid groups (broad SMARTS) is 2. The Kier molecular flexibility index (Phi) is 21.9. The Labute approximate surface area is 237 Å². The van der Waals surface area contributed by atoms with Crippen LogP contribution >= 0.6 is 62.8 Å². The minimum absolute atomic E-state index is 0.216. The zero-order valence-electron chi connectivity index (χ0n) is 20.3. The minimum Gasteiger partial charge on any atom is -0.473 e. The Bertz CT molecular complexity index is 674. The van der Waals surface area contributed by atoms with Crippen molar-refractivity contribution in [1.82, 2.24) is 14.5 Å². The quantitative estimate of drug-likeness (QED) is 0.258. The SMILES string of the molecule is CN(C)C1CSSSC1.CN(C1CCCCC1)S(=O)(O)=S.CNC1CSSSC1.O=C(O)C(=O)O. The van der Waals surface area contributed by atoms with Crippen molar-refractivity contribution < 1.29 is 28.6 Å². The fraction of sp³-hybridized carbons (Fsp3) is 0.889. The Morgan fingerprint density at radius 2 is 1.29 bits per heavy atom. The maximum Gasteiger partial charge on any atom is 0.414 e. The van der Waals surface area contributed by atoms with Crippen LogP contribution in [0.25, 0.3) is 0 Å². The van der Waals surface area contributed by atoms with Crippen LogP contribution in [0.4, 0.5) is 0 Å². The summed E-state index contributed by atoms with van der Waals surface area (Å²) in [4.78, 5) is 20.5. The molecule has 1 aliphatic carbocycles. The molecule has 4 N–H and O–H groups in total. The molecule has 1 unspecified atom stereocenters. The molecular formula is C18H37N3O6S8. The Morgan fingerprint density at radius 3 is 1.57 bits per heavy atom. The Hall–Kier alpha value is 1.25. The van der Waals surface area contributed by atoms with Gasteiger partial charge in [-0.05, 0) is 53.6 Å². The summed E-state index contributed by atoms with van der Waals surface area (Å²) < 4.78 is 21.6. The lowest BCUT2D eigenvalue weighted by atomic mass is 9.96. The molecule has 1 saturated carbocycles. The normalized spacial score (nSPS) is 21.3. The van der Waals surface area contributed by atoms with Gasteiger partial charge in [0.15, 0.2) is 0 Å². The van der Waals surface area contributed by atoms with Crippen LogP contribution in [0.15, 0.2) is 0 Å². The Morgan fingerprint density at radius 1 is 0.857 bits per heavy atom. The fourth-order valence-corrected chi connectivity index (χ4v) is 12.6. The van der Waals surface area contributed by atoms with Crippen molar-refractivity contribution in [3.8, 4) is 0 Å². The molecule has 0 radical (unpaired) electrons. The molecular weight excluding hydrogens is 611 g/mol. The number of hydrogen-bond donors (Lipinski definition) is 4. The molecule has 0 bridgehead atoms. The van der Waals surface area contributed by atoms with Gasteiger partial charge in [-0.1, -0.05) is 62.4 Å². The van der Waals surface area contributed by atoms with Gasteiger partial charge in [0.1, 0.15) is 0 Å². The van der Waals surface area contributed by atoms with Crippen LogP contribution in [0.1, 0.15) is 32.1 Å². The van der Waals surface area contributed by atoms with Crippen molar-refractivity contribution in [2.75, 3.05) is 51.2 Å². The van der Waals surface area contributed by atoms with Crippen LogP contribution in [0.3, 0.4) is 0 Å². The molecule has 2 heterocycles. The monoisotopic (exact) mass is 647 g/mol. The van der Waals surface area contributed by atoms with Gasteiger partial charge in [-0.2, -0.15) is 0 Å². The number of aliphatic carboxylic acids is 2. The first-order valence-electron chi connectivity index (χ1n) is 10.7. The smallest absolute Gasteiger partial charge is 0.414 e. The summed E-state index contributed by atoms with van der Waals surface area (Å²) in [6.07, 6.45) is 5.56. The first kappa shape index (κ1) is 36.2. The number of hydrogen-bond acceptors (Lipinski definition) is 12. The summed E-state index contributed by atoms with van der Waals surface area (Å²) in [5.41, 5.74) is 0. The van der Waals surface area contributed by atoms with Crippen LogP contribution in [0, 0.1) is 0 Å². The van der Waals surface area contributed by atoms with Gasteiger partial charge < -0.3 is 20.4 Å². The van der Waals surface area contributed by atoms with Gasteiger partial charge in [0.25, 0.3) is 0 Å². The first-order valence-corrected chi connectivity index (χ1v) is 20.8. The van der Waals surface area contributed by atoms with Crippen LogP contribution in [-0.2, 0) is 29.7 Å². The third kappa shape index (κ3) is 19.0. The summed E-state index contributed by atoms with van der Waals surface area (Å²) in [6.45, 7) is 0. The highest BCUT2D eigenvalue weighted by atomic mass is 33.5. The van der Waals surface area contributed by atoms with E-state index in [2.05, 4.69) is 35.5 Å². The van der Waals surface area contributed by atoms with Crippen molar-refractivity contribution >= 4 is 94.9 Å². The molecule has 0 spiro atoms. The average molecular weight is 648 g/mol. The molecule has 2 saturated heterocycles. The summed E-state index contributed by atoms with van der Waals surface area (Å²) >= 11 is 4.50. The van der Waals surface area contributed by atoms with E-state index >= 15 is 0 Å². The van der Waals surface area contributed by atoms with Gasteiger partial charge >= 0.3 is 11.9 Å². The molecule has 1 atom stereocenters. The van der Waals surface area contributed by atoms with Gasteiger partial charge in [0, 0.05) is 59.4 Å². The fourth-order valence-electron chi connectivity index (χ4n) is 2.69. The molecule has 3 aliphatic rings. The zero-order chi connectivity index (χ0) is 26.9. The van der Waals surface area contributed by atoms with Crippen molar-refractivity contribution in [1.29, 1.82) is 0 Å². The van der Waals surface area contributed by atoms with Gasteiger partial charge in [-0.3, -0.25) is 4.55 Å². The van der Waals surface area contributed by atoms with Gasteiger partial charge in [-0.15, -0.1) is 0 Å². The van der Waals surface area contributed by atoms with Crippen LogP contribution < -0.4 is 5.32 Å². The van der Waals surface area contributed by atoms with E-state index in [0.29, 0.717) is 0 Å². The molecule has 0 aromatic carbocycles. The third-order valence-corrected chi connectivity index (χ3v) is 15.5. The van der Waals surface area contributed by atoms with E-state index in [1.165, 1.54) is 33.7 Å². The van der Waals surface area contributed by atoms with Gasteiger partial charge in [0.05, 0.1) is 0 Å². The molecule has 0 aromatic heterocycles. The van der Waals surface area contributed by atoms with Crippen molar-refractivity contribution in [2.24, 2.45) is 0 Å². The maximum atomic E-state index is 11.1.